The van der Waals surface area contributed by atoms with E-state index in [0.29, 0.717) is 74.9 Å². The molecule has 0 N–H and O–H groups in total. The lowest BCUT2D eigenvalue weighted by molar-refractivity contribution is -0.291. The van der Waals surface area contributed by atoms with Gasteiger partial charge in [-0.05, 0) is 91.1 Å². The van der Waals surface area contributed by atoms with Gasteiger partial charge in [-0.3, -0.25) is 0 Å². The van der Waals surface area contributed by atoms with Gasteiger partial charge in [-0.15, -0.1) is 0 Å². The van der Waals surface area contributed by atoms with E-state index in [0.717, 1.165) is 8.96 Å². The highest BCUT2D eigenvalue weighted by Crippen LogP contribution is 2.51. The number of benzene rings is 4. The van der Waals surface area contributed by atoms with Crippen LogP contribution >= 0.6 is 45.2 Å². The molecule has 0 saturated heterocycles. The Morgan fingerprint density at radius 1 is 0.646 bits per heavy atom. The summed E-state index contributed by atoms with van der Waals surface area (Å²) < 4.78 is 61.6. The maximum Gasteiger partial charge on any atom is 0.642 e. The number of rotatable bonds is 8. The van der Waals surface area contributed by atoms with Crippen LogP contribution in [0, 0.1) is 3.57 Å². The van der Waals surface area contributed by atoms with Gasteiger partial charge in [0.15, 0.2) is 0 Å². The smallest absolute Gasteiger partial charge is 0.497 e. The molecular formula is C36H28BF2I2N3O4. The molecule has 0 bridgehead atoms. The van der Waals surface area contributed by atoms with Gasteiger partial charge in [0.1, 0.15) is 28.7 Å². The molecule has 0 unspecified atom stereocenters. The fraction of sp³-hybridized carbons (Fsp3) is 0.111. The first-order valence-corrected chi connectivity index (χ1v) is 17.1. The monoisotopic (exact) mass is 869 g/mol. The topological polar surface area (TPSA) is 57.2 Å². The first-order valence-electron chi connectivity index (χ1n) is 14.9. The minimum atomic E-state index is -4.53. The van der Waals surface area contributed by atoms with E-state index in [1.807, 2.05) is 84.9 Å². The van der Waals surface area contributed by atoms with Gasteiger partial charge in [-0.25, -0.2) is 0 Å². The van der Waals surface area contributed by atoms with Crippen molar-refractivity contribution in [3.8, 4) is 45.4 Å². The molecule has 1 aromatic heterocycles. The largest absolute Gasteiger partial charge is 0.642 e. The fourth-order valence-corrected chi connectivity index (χ4v) is 8.52. The third-order valence-corrected chi connectivity index (χ3v) is 10.5. The molecule has 5 aromatic rings. The van der Waals surface area contributed by atoms with Crippen LogP contribution < -0.4 is 18.9 Å². The summed E-state index contributed by atoms with van der Waals surface area (Å²) in [6, 6.07) is 29.2. The van der Waals surface area contributed by atoms with Crippen molar-refractivity contribution in [3.63, 3.8) is 0 Å². The van der Waals surface area contributed by atoms with E-state index in [9.17, 15) is 0 Å². The van der Waals surface area contributed by atoms with E-state index in [-0.39, 0.29) is 11.7 Å². The van der Waals surface area contributed by atoms with E-state index in [4.69, 9.17) is 23.9 Å². The molecule has 4 aromatic carbocycles. The molecule has 242 valence electrons. The van der Waals surface area contributed by atoms with Gasteiger partial charge < -0.3 is 36.5 Å². The lowest BCUT2D eigenvalue weighted by Gasteiger charge is -2.32. The molecule has 48 heavy (non-hydrogen) atoms. The average molecular weight is 869 g/mol. The summed E-state index contributed by atoms with van der Waals surface area (Å²) in [5, 5.41) is 0. The molecule has 7 rings (SSSR count). The molecule has 0 radical (unpaired) electrons. The van der Waals surface area contributed by atoms with E-state index in [2.05, 4.69) is 45.2 Å². The number of amidine groups is 1. The van der Waals surface area contributed by atoms with E-state index in [1.165, 1.54) is 0 Å². The second kappa shape index (κ2) is 12.7. The van der Waals surface area contributed by atoms with Crippen LogP contribution in [0.15, 0.2) is 106 Å². The zero-order chi connectivity index (χ0) is 33.7. The van der Waals surface area contributed by atoms with Crippen molar-refractivity contribution >= 4 is 75.1 Å². The zero-order valence-corrected chi connectivity index (χ0v) is 30.6. The van der Waals surface area contributed by atoms with Crippen molar-refractivity contribution in [1.82, 2.24) is 4.48 Å². The molecule has 0 atom stereocenters. The van der Waals surface area contributed by atoms with Gasteiger partial charge >= 0.3 is 6.97 Å². The summed E-state index contributed by atoms with van der Waals surface area (Å²) in [4.78, 5) is 5.18. The van der Waals surface area contributed by atoms with Crippen molar-refractivity contribution in [2.45, 2.75) is 0 Å². The first-order chi connectivity index (χ1) is 23.2. The zero-order valence-electron chi connectivity index (χ0n) is 26.3. The van der Waals surface area contributed by atoms with Crippen molar-refractivity contribution in [1.29, 1.82) is 0 Å². The Bertz CT molecular complexity index is 2140. The highest BCUT2D eigenvalue weighted by molar-refractivity contribution is 14.1. The lowest BCUT2D eigenvalue weighted by Crippen LogP contribution is -2.53. The normalized spacial score (nSPS) is 14.8. The first kappa shape index (κ1) is 32.4. The SMILES string of the molecule is COc1cc(OC)cc(C2=C(I)C(c3ccccc3)=[N+]3C2=Nc2c(-c4cc(OC)cc(OC)c4)c(I)c(-c4ccccc4)n2[B-]3(F)F)c1. The second-order valence-corrected chi connectivity index (χ2v) is 13.3. The number of allylic oxidation sites excluding steroid dienone is 1. The second-order valence-electron chi connectivity index (χ2n) is 11.1. The highest BCUT2D eigenvalue weighted by Gasteiger charge is 2.56. The van der Waals surface area contributed by atoms with Crippen LogP contribution in [0.1, 0.15) is 11.1 Å². The number of fused-ring (bicyclic) bond motifs is 2. The number of hydrogen-bond donors (Lipinski definition) is 0. The Labute approximate surface area is 303 Å². The molecule has 0 fully saturated rings. The van der Waals surface area contributed by atoms with Crippen LogP contribution in [0.2, 0.25) is 0 Å². The van der Waals surface area contributed by atoms with Crippen LogP contribution in [-0.4, -0.2) is 55.9 Å². The fourth-order valence-electron chi connectivity index (χ4n) is 6.28. The van der Waals surface area contributed by atoms with Crippen LogP contribution in [0.5, 0.6) is 23.0 Å². The van der Waals surface area contributed by atoms with Crippen molar-refractivity contribution in [2.24, 2.45) is 4.99 Å². The summed E-state index contributed by atoms with van der Waals surface area (Å²) in [6.07, 6.45) is 0. The molecule has 0 amide bonds. The predicted octanol–water partition coefficient (Wildman–Crippen LogP) is 9.09. The van der Waals surface area contributed by atoms with Gasteiger partial charge in [0, 0.05) is 27.0 Å². The van der Waals surface area contributed by atoms with Crippen molar-refractivity contribution in [3.05, 3.63) is 115 Å². The Balaban J connectivity index is 1.62. The lowest BCUT2D eigenvalue weighted by atomic mass is 9.90. The van der Waals surface area contributed by atoms with E-state index < -0.39 is 6.97 Å². The predicted molar refractivity (Wildman–Crippen MR) is 203 cm³/mol. The standard InChI is InChI=1S/C36H28BF2I2N3O4/c1-45-25-15-23(16-26(19-25)46-2)29-31(40)33(21-11-7-5-8-12-21)43-35(29)42-36-30(24-17-27(47-3)20-28(18-24)48-4)32(41)34(44(36)37(43,38)39)22-13-9-6-10-14-22/h5-20H,1-4H3. The van der Waals surface area contributed by atoms with Crippen LogP contribution in [-0.2, 0) is 0 Å². The molecule has 2 aliphatic heterocycles. The Morgan fingerprint density at radius 2 is 1.12 bits per heavy atom. The number of halogens is 4. The maximum atomic E-state index is 17.9. The Morgan fingerprint density at radius 3 is 1.62 bits per heavy atom. The Kier molecular flexibility index (Phi) is 8.56. The number of hydrogen-bond acceptors (Lipinski definition) is 5. The van der Waals surface area contributed by atoms with Gasteiger partial charge in [0.25, 0.3) is 5.84 Å². The summed E-state index contributed by atoms with van der Waals surface area (Å²) in [7, 11) is 6.24. The third-order valence-electron chi connectivity index (χ3n) is 8.45. The maximum absolute atomic E-state index is 17.9. The molecule has 0 aliphatic carbocycles. The van der Waals surface area contributed by atoms with Gasteiger partial charge in [0.2, 0.25) is 5.82 Å². The number of nitrogens with zero attached hydrogens (tertiary/aromatic N) is 3. The molecular weight excluding hydrogens is 841 g/mol. The number of methoxy groups -OCH3 is 4. The number of ether oxygens (including phenoxy) is 4. The van der Waals surface area contributed by atoms with Gasteiger partial charge in [-0.2, -0.15) is 0 Å². The summed E-state index contributed by atoms with van der Waals surface area (Å²) >= 11 is 4.33. The molecule has 2 aliphatic rings. The summed E-state index contributed by atoms with van der Waals surface area (Å²) in [6.45, 7) is -4.53. The van der Waals surface area contributed by atoms with Crippen LogP contribution in [0.4, 0.5) is 14.4 Å². The molecule has 0 saturated carbocycles. The molecule has 7 nitrogen and oxygen atoms in total. The minimum absolute atomic E-state index is 0.135. The quantitative estimate of drug-likeness (QED) is 0.115. The molecule has 3 heterocycles. The van der Waals surface area contributed by atoms with E-state index in [1.54, 1.807) is 40.6 Å². The average Bonchev–Trinajstić information content (AvgIpc) is 3.59. The molecule has 0 spiro atoms. The highest BCUT2D eigenvalue weighted by atomic mass is 127. The van der Waals surface area contributed by atoms with Crippen molar-refractivity contribution < 1.29 is 32.1 Å². The number of aliphatic imine (C=N–C) groups is 1. The van der Waals surface area contributed by atoms with Crippen molar-refractivity contribution in [2.75, 3.05) is 28.4 Å². The van der Waals surface area contributed by atoms with Crippen LogP contribution in [0.25, 0.3) is 28.0 Å². The van der Waals surface area contributed by atoms with E-state index >= 15 is 8.63 Å². The molecule has 12 heteroatoms. The summed E-state index contributed by atoms with van der Waals surface area (Å²) in [5.41, 5.74) is 4.40. The number of aromatic nitrogens is 1. The van der Waals surface area contributed by atoms with Crippen LogP contribution in [0.3, 0.4) is 0 Å². The van der Waals surface area contributed by atoms with Gasteiger partial charge in [0.05, 0.1) is 43.2 Å². The van der Waals surface area contributed by atoms with Gasteiger partial charge in [-0.1, -0.05) is 60.7 Å². The Hall–Kier alpha value is -4.18. The minimum Gasteiger partial charge on any atom is -0.497 e. The summed E-state index contributed by atoms with van der Waals surface area (Å²) in [5.74, 6) is 2.39. The third kappa shape index (κ3) is 5.20.